The van der Waals surface area contributed by atoms with Gasteiger partial charge in [-0.15, -0.1) is 11.8 Å². The molecule has 0 radical (unpaired) electrons. The summed E-state index contributed by atoms with van der Waals surface area (Å²) in [7, 11) is 0. The van der Waals surface area contributed by atoms with E-state index in [1.54, 1.807) is 48.5 Å². The molecule has 6 N–H and O–H groups in total. The summed E-state index contributed by atoms with van der Waals surface area (Å²) in [6, 6.07) is 27.8. The van der Waals surface area contributed by atoms with Gasteiger partial charge in [0.05, 0.1) is 18.6 Å². The van der Waals surface area contributed by atoms with Crippen molar-refractivity contribution < 1.29 is 29.0 Å². The largest absolute Gasteiger partial charge is 0.445 e. The zero-order valence-electron chi connectivity index (χ0n) is 27.3. The van der Waals surface area contributed by atoms with Gasteiger partial charge in [-0.05, 0) is 60.9 Å². The number of nitrogens with two attached hydrogens (primary N) is 1. The molecule has 0 aromatic heterocycles. The average Bonchev–Trinajstić information content (AvgIpc) is 3.05. The predicted octanol–water partition coefficient (Wildman–Crippen LogP) is 4.72. The van der Waals surface area contributed by atoms with Crippen LogP contribution in [0.15, 0.2) is 102 Å². The Bertz CT molecular complexity index is 1730. The molecule has 4 rings (SSSR count). The molecule has 11 heteroatoms. The standard InChI is InChI=1S/C37H42N4O6S/c1-37(2,3)41-35(45)29-16-10-9-15-27(29)20-32(42)31(23-48-28-18-17-25-13-7-8-14-26(25)19-28)39-33(43)21-30(34(38)44)40-36(46)47-22-24-11-5-4-6-12-24/h4-19,30-32,42H,20-23H2,1-3H3,(H2,38,44)(H,39,43)(H,40,46)(H,41,45). The molecule has 4 aromatic rings. The quantitative estimate of drug-likeness (QED) is 0.121. The molecule has 0 saturated carbocycles. The lowest BCUT2D eigenvalue weighted by Gasteiger charge is -2.26. The number of benzene rings is 4. The van der Waals surface area contributed by atoms with E-state index in [0.29, 0.717) is 11.1 Å². The summed E-state index contributed by atoms with van der Waals surface area (Å²) in [6.45, 7) is 5.62. The van der Waals surface area contributed by atoms with Crippen molar-refractivity contribution in [1.29, 1.82) is 0 Å². The minimum atomic E-state index is -1.35. The highest BCUT2D eigenvalue weighted by Gasteiger charge is 2.28. The Morgan fingerprint density at radius 3 is 2.23 bits per heavy atom. The lowest BCUT2D eigenvalue weighted by Crippen LogP contribution is -2.51. The van der Waals surface area contributed by atoms with Gasteiger partial charge >= 0.3 is 6.09 Å². The topological polar surface area (TPSA) is 160 Å². The lowest BCUT2D eigenvalue weighted by molar-refractivity contribution is -0.127. The summed E-state index contributed by atoms with van der Waals surface area (Å²) in [6.07, 6.45) is -2.41. The van der Waals surface area contributed by atoms with Crippen molar-refractivity contribution in [2.75, 3.05) is 5.75 Å². The van der Waals surface area contributed by atoms with Gasteiger partial charge in [0.15, 0.2) is 0 Å². The molecule has 0 aliphatic rings. The summed E-state index contributed by atoms with van der Waals surface area (Å²) >= 11 is 1.45. The number of aliphatic hydroxyl groups excluding tert-OH is 1. The van der Waals surface area contributed by atoms with Crippen LogP contribution in [0.4, 0.5) is 4.79 Å². The van der Waals surface area contributed by atoms with Gasteiger partial charge in [0.25, 0.3) is 5.91 Å². The van der Waals surface area contributed by atoms with Crippen LogP contribution in [0, 0.1) is 0 Å². The van der Waals surface area contributed by atoms with Crippen LogP contribution >= 0.6 is 11.8 Å². The monoisotopic (exact) mass is 670 g/mol. The second-order valence-corrected chi connectivity index (χ2v) is 13.6. The van der Waals surface area contributed by atoms with Gasteiger partial charge < -0.3 is 31.5 Å². The van der Waals surface area contributed by atoms with Crippen LogP contribution in [0.25, 0.3) is 10.8 Å². The summed E-state index contributed by atoms with van der Waals surface area (Å²) in [5.74, 6) is -1.52. The van der Waals surface area contributed by atoms with Crippen LogP contribution in [-0.4, -0.2) is 58.4 Å². The average molecular weight is 671 g/mol. The SMILES string of the molecule is CC(C)(C)NC(=O)c1ccccc1CC(O)C(CSc1ccc2ccccc2c1)NC(=O)CC(NC(=O)OCc1ccccc1)C(N)=O. The van der Waals surface area contributed by atoms with E-state index >= 15 is 0 Å². The maximum Gasteiger partial charge on any atom is 0.408 e. The fourth-order valence-corrected chi connectivity index (χ4v) is 6.02. The molecular weight excluding hydrogens is 628 g/mol. The Balaban J connectivity index is 1.48. The van der Waals surface area contributed by atoms with E-state index in [1.807, 2.05) is 69.3 Å². The molecule has 4 aromatic carbocycles. The third-order valence-electron chi connectivity index (χ3n) is 7.38. The normalized spacial score (nSPS) is 13.2. The van der Waals surface area contributed by atoms with Crippen LogP contribution < -0.4 is 21.7 Å². The van der Waals surface area contributed by atoms with E-state index < -0.39 is 48.1 Å². The van der Waals surface area contributed by atoms with Crippen molar-refractivity contribution in [3.05, 3.63) is 114 Å². The second-order valence-electron chi connectivity index (χ2n) is 12.5. The highest BCUT2D eigenvalue weighted by molar-refractivity contribution is 7.99. The van der Waals surface area contributed by atoms with Gasteiger partial charge in [-0.2, -0.15) is 0 Å². The minimum Gasteiger partial charge on any atom is -0.445 e. The smallest absolute Gasteiger partial charge is 0.408 e. The van der Waals surface area contributed by atoms with E-state index in [4.69, 9.17) is 10.5 Å². The number of nitrogens with one attached hydrogen (secondary N) is 3. The molecule has 0 aliphatic carbocycles. The number of hydrogen-bond donors (Lipinski definition) is 5. The van der Waals surface area contributed by atoms with E-state index in [2.05, 4.69) is 16.0 Å². The van der Waals surface area contributed by atoms with Crippen molar-refractivity contribution in [1.82, 2.24) is 16.0 Å². The Morgan fingerprint density at radius 2 is 1.52 bits per heavy atom. The molecule has 48 heavy (non-hydrogen) atoms. The molecular formula is C37H42N4O6S. The number of fused-ring (bicyclic) bond motifs is 1. The number of primary amides is 1. The maximum absolute atomic E-state index is 13.3. The van der Waals surface area contributed by atoms with Crippen LogP contribution in [0.3, 0.4) is 0 Å². The number of ether oxygens (including phenoxy) is 1. The molecule has 0 spiro atoms. The molecule has 4 amide bonds. The fourth-order valence-electron chi connectivity index (χ4n) is 4.97. The van der Waals surface area contributed by atoms with Gasteiger partial charge in [0, 0.05) is 28.2 Å². The Kier molecular flexibility index (Phi) is 12.6. The van der Waals surface area contributed by atoms with Gasteiger partial charge in [-0.25, -0.2) is 4.79 Å². The van der Waals surface area contributed by atoms with E-state index in [1.165, 1.54) is 11.8 Å². The first-order chi connectivity index (χ1) is 22.9. The summed E-state index contributed by atoms with van der Waals surface area (Å²) in [4.78, 5) is 51.9. The van der Waals surface area contributed by atoms with Crippen LogP contribution in [0.1, 0.15) is 48.7 Å². The second kappa shape index (κ2) is 16.8. The molecule has 0 heterocycles. The fraction of sp³-hybridized carbons (Fsp3) is 0.297. The molecule has 0 aliphatic heterocycles. The third kappa shape index (κ3) is 11.1. The van der Waals surface area contributed by atoms with Crippen molar-refractivity contribution in [2.24, 2.45) is 5.73 Å². The summed E-state index contributed by atoms with van der Waals surface area (Å²) < 4.78 is 5.19. The molecule has 3 atom stereocenters. The zero-order valence-corrected chi connectivity index (χ0v) is 28.1. The van der Waals surface area contributed by atoms with E-state index in [0.717, 1.165) is 21.2 Å². The highest BCUT2D eigenvalue weighted by atomic mass is 32.2. The molecule has 0 saturated heterocycles. The van der Waals surface area contributed by atoms with Crippen molar-refractivity contribution >= 4 is 46.3 Å². The zero-order chi connectivity index (χ0) is 34.7. The first-order valence-corrected chi connectivity index (χ1v) is 16.6. The molecule has 0 bridgehead atoms. The molecule has 252 valence electrons. The molecule has 0 fully saturated rings. The number of alkyl carbamates (subject to hydrolysis) is 1. The number of aliphatic hydroxyl groups is 1. The highest BCUT2D eigenvalue weighted by Crippen LogP contribution is 2.25. The van der Waals surface area contributed by atoms with Gasteiger partial charge in [-0.3, -0.25) is 14.4 Å². The van der Waals surface area contributed by atoms with E-state index in [9.17, 15) is 24.3 Å². The van der Waals surface area contributed by atoms with Gasteiger partial charge in [0.2, 0.25) is 11.8 Å². The van der Waals surface area contributed by atoms with Crippen molar-refractivity contribution in [3.63, 3.8) is 0 Å². The van der Waals surface area contributed by atoms with Crippen molar-refractivity contribution in [2.45, 2.75) is 68.8 Å². The minimum absolute atomic E-state index is 0.0279. The van der Waals surface area contributed by atoms with Gasteiger partial charge in [0.1, 0.15) is 12.6 Å². The summed E-state index contributed by atoms with van der Waals surface area (Å²) in [5.41, 5.74) is 6.84. The number of carbonyl (C=O) groups excluding carboxylic acids is 4. The van der Waals surface area contributed by atoms with Crippen LogP contribution in [0.5, 0.6) is 0 Å². The number of hydrogen-bond acceptors (Lipinski definition) is 7. The Morgan fingerprint density at radius 1 is 0.854 bits per heavy atom. The third-order valence-corrected chi connectivity index (χ3v) is 8.49. The number of amides is 4. The Hall–Kier alpha value is -4.87. The van der Waals surface area contributed by atoms with Crippen LogP contribution in [-0.2, 0) is 27.4 Å². The maximum atomic E-state index is 13.3. The van der Waals surface area contributed by atoms with Crippen LogP contribution in [0.2, 0.25) is 0 Å². The first-order valence-electron chi connectivity index (χ1n) is 15.6. The lowest BCUT2D eigenvalue weighted by atomic mass is 9.97. The first kappa shape index (κ1) is 36.0. The predicted molar refractivity (Wildman–Crippen MR) is 187 cm³/mol. The molecule has 10 nitrogen and oxygen atoms in total. The number of carbonyl (C=O) groups is 4. The van der Waals surface area contributed by atoms with Gasteiger partial charge in [-0.1, -0.05) is 78.9 Å². The Labute approximate surface area is 284 Å². The number of thioether (sulfide) groups is 1. The summed E-state index contributed by atoms with van der Waals surface area (Å²) in [5, 5.41) is 21.8. The number of rotatable bonds is 14. The van der Waals surface area contributed by atoms with Crippen molar-refractivity contribution in [3.8, 4) is 0 Å². The molecule has 3 unspecified atom stereocenters. The van der Waals surface area contributed by atoms with E-state index in [-0.39, 0.29) is 24.7 Å².